The van der Waals surface area contributed by atoms with Crippen molar-refractivity contribution in [1.29, 1.82) is 0 Å². The number of carbonyl (C=O) groups is 12. The lowest BCUT2D eigenvalue weighted by molar-refractivity contribution is -0.138. The summed E-state index contributed by atoms with van der Waals surface area (Å²) in [6, 6.07) is 37.5. The predicted molar refractivity (Wildman–Crippen MR) is 487 cm³/mol. The van der Waals surface area contributed by atoms with Crippen LogP contribution < -0.4 is 52.8 Å². The van der Waals surface area contributed by atoms with E-state index in [-0.39, 0.29) is 127 Å². The number of imide groups is 2. The molecule has 7 amide bonds. The van der Waals surface area contributed by atoms with Crippen LogP contribution in [0.15, 0.2) is 146 Å². The fourth-order valence-electron chi connectivity index (χ4n) is 18.0. The number of halogens is 4. The third-order valence-electron chi connectivity index (χ3n) is 24.8. The van der Waals surface area contributed by atoms with Crippen molar-refractivity contribution in [3.63, 3.8) is 0 Å². The van der Waals surface area contributed by atoms with Crippen LogP contribution in [0.25, 0.3) is 21.8 Å². The molecule has 0 bridgehead atoms. The summed E-state index contributed by atoms with van der Waals surface area (Å²) in [5.74, 6) is -6.66. The van der Waals surface area contributed by atoms with Crippen molar-refractivity contribution in [2.24, 2.45) is 5.73 Å². The van der Waals surface area contributed by atoms with Gasteiger partial charge >= 0.3 is 5.97 Å². The van der Waals surface area contributed by atoms with Gasteiger partial charge in [-0.25, -0.2) is 17.6 Å². The van der Waals surface area contributed by atoms with Gasteiger partial charge < -0.3 is 67.3 Å². The van der Waals surface area contributed by atoms with Crippen LogP contribution >= 0.6 is 0 Å². The smallest absolute Gasteiger partial charge is 0.317 e. The van der Waals surface area contributed by atoms with Crippen molar-refractivity contribution in [3.8, 4) is 0 Å². The summed E-state index contributed by atoms with van der Waals surface area (Å²) in [4.78, 5) is 161. The summed E-state index contributed by atoms with van der Waals surface area (Å²) >= 11 is 0. The number of piperazine rings is 2. The minimum absolute atomic E-state index is 0.0240. The monoisotopic (exact) mass is 1820 g/mol. The Labute approximate surface area is 760 Å². The second-order valence-corrected chi connectivity index (χ2v) is 34.1. The number of benzene rings is 8. The first-order valence-corrected chi connectivity index (χ1v) is 44.5. The lowest BCUT2D eigenvalue weighted by atomic mass is 9.92. The van der Waals surface area contributed by atoms with E-state index < -0.39 is 70.7 Å². The zero-order chi connectivity index (χ0) is 93.1. The molecule has 2 unspecified atom stereocenters. The second-order valence-electron chi connectivity index (χ2n) is 34.1. The van der Waals surface area contributed by atoms with E-state index in [1.807, 2.05) is 65.6 Å². The van der Waals surface area contributed by atoms with Crippen molar-refractivity contribution >= 4 is 138 Å². The van der Waals surface area contributed by atoms with Crippen molar-refractivity contribution in [2.75, 3.05) is 160 Å². The Morgan fingerprint density at radius 2 is 0.857 bits per heavy atom. The maximum atomic E-state index is 14.0. The lowest BCUT2D eigenvalue weighted by Gasteiger charge is -2.36. The second kappa shape index (κ2) is 41.5. The molecule has 0 radical (unpaired) electrons. The van der Waals surface area contributed by atoms with E-state index in [4.69, 9.17) is 20.3 Å². The number of nitrogens with one attached hydrogen (secondary N) is 9. The number of Topliss-reactive ketones (excluding diaryl/α,β-unsaturated/α-hetero) is 4. The predicted octanol–water partition coefficient (Wildman–Crippen LogP) is 9.74. The molecule has 12 N–H and O–H groups in total. The van der Waals surface area contributed by atoms with Crippen molar-refractivity contribution < 1.29 is 89.7 Å². The number of ether oxygens (including phenoxy) is 2. The number of amides is 7. The molecule has 2 aliphatic carbocycles. The van der Waals surface area contributed by atoms with Crippen molar-refractivity contribution in [1.82, 2.24) is 45.3 Å². The fraction of sp³-hybridized carbons (Fsp3) is 0.354. The average Bonchev–Trinajstić information content (AvgIpc) is 1.61. The Morgan fingerprint density at radius 1 is 0.444 bits per heavy atom. The number of carbonyl (C=O) groups excluding carboxylic acids is 11. The van der Waals surface area contributed by atoms with Crippen molar-refractivity contribution in [2.45, 2.75) is 101 Å². The topological polar surface area (TPSA) is 431 Å². The molecule has 18 rings (SSSR count). The first kappa shape index (κ1) is 92.1. The Balaban J connectivity index is 0.000000164. The number of hydrogen-bond acceptors (Lipinski definition) is 25. The molecule has 10 aromatic rings. The number of carboxylic acids is 1. The number of H-pyrrole nitrogens is 2. The number of nitrogens with zero attached hydrogens (tertiary/aromatic N) is 8. The first-order valence-electron chi connectivity index (χ1n) is 44.5. The number of anilines is 8. The molecule has 37 heteroatoms. The molecule has 6 fully saturated rings. The molecule has 133 heavy (non-hydrogen) atoms. The van der Waals surface area contributed by atoms with Crippen LogP contribution in [0.1, 0.15) is 149 Å². The number of aromatic nitrogens is 4. The highest BCUT2D eigenvalue weighted by molar-refractivity contribution is 6.25. The standard InChI is InChI=1S/C48H49F2N9O7.C32H34F2N6O4.C16H17N3O4/c49-30-20-29(21-31(50)23-30)19-28-1-7-40-39(22-28)45(56-55-40)54-46(63)37-6-3-34(25-41(37)53-32-9-17-66-18-10-32)58-15-13-57(14-16-58)27-44(62)52-12-11-51-33-2-5-36-38(24-33)48(65)59(47(36)64)42-8-4-35(60)26-43(42)61;33-22-14-21(15-23(34)17-22)13-20-1-4-28-27(16-20)31(38-37-28)36-32(43)26-3-2-25(18-29(26)35-24-5-11-44-12-6-24)40-9-7-39(8-10-40)19-30(41)42;17-5-6-18-9-1-3-11-12(7-9)16(23)19(15(11)22)13-4-2-10(20)8-14(13)21/h1-3,5-7,20-25,32,42,51,53H,4,8-19,26-27H2,(H,52,62)(H2,54,55,56,63);1-4,14-18,24,35H,5-13,19H2,(H,41,42)(H2,36,37,38,43);1,3,7,13,18H,2,4-6,8,17H2. The van der Waals surface area contributed by atoms with E-state index >= 15 is 0 Å². The number of fused-ring (bicyclic) bond motifs is 4. The molecule has 2 saturated carbocycles. The number of nitrogens with two attached hydrogens (primary N) is 1. The molecule has 8 aromatic carbocycles. The molecule has 8 aliphatic rings. The molecular formula is C96H100F4N18O15. The largest absolute Gasteiger partial charge is 0.480 e. The maximum Gasteiger partial charge on any atom is 0.317 e. The molecular weight excluding hydrogens is 1720 g/mol. The zero-order valence-electron chi connectivity index (χ0n) is 72.7. The molecule has 6 aliphatic heterocycles. The quantitative estimate of drug-likeness (QED) is 0.00986. The number of hydrogen-bond donors (Lipinski definition) is 11. The third kappa shape index (κ3) is 22.2. The van der Waals surface area contributed by atoms with Gasteiger partial charge in [-0.2, -0.15) is 10.2 Å². The Morgan fingerprint density at radius 3 is 1.27 bits per heavy atom. The van der Waals surface area contributed by atoms with Crippen LogP contribution in [0.4, 0.5) is 63.3 Å². The SMILES string of the molecule is NCCNc1ccc2c(c1)C(=O)N(C1CCC(=O)CC1=O)C2=O.O=C(O)CN1CCN(c2ccc(C(=O)Nc3n[nH]c4ccc(Cc5cc(F)cc(F)c5)cc34)c(NC3CCOCC3)c2)CC1.O=C1CCC(N2C(=O)c3ccc(NCCNC(=O)CN4CCN(c5ccc(C(=O)Nc6n[nH]c7ccc(Cc8cc(F)cc(F)c8)cc67)c(NC6CCOCC6)c5)CC4)cc3C2=O)C(=O)C1. The van der Waals surface area contributed by atoms with E-state index in [0.717, 1.165) is 70.1 Å². The van der Waals surface area contributed by atoms with Crippen molar-refractivity contribution in [3.05, 3.63) is 224 Å². The first-order chi connectivity index (χ1) is 64.3. The summed E-state index contributed by atoms with van der Waals surface area (Å²) < 4.78 is 66.3. The fourth-order valence-corrected chi connectivity index (χ4v) is 18.0. The van der Waals surface area contributed by atoms with E-state index in [1.165, 1.54) is 24.3 Å². The highest BCUT2D eigenvalue weighted by atomic mass is 19.1. The van der Waals surface area contributed by atoms with Gasteiger partial charge in [-0.3, -0.25) is 87.3 Å². The molecule has 2 aromatic heterocycles. The molecule has 8 heterocycles. The minimum atomic E-state index is -0.930. The van der Waals surface area contributed by atoms with Crippen LogP contribution in [0.2, 0.25) is 0 Å². The van der Waals surface area contributed by atoms with Gasteiger partial charge in [-0.05, 0) is 195 Å². The Hall–Kier alpha value is -14.1. The van der Waals surface area contributed by atoms with Crippen LogP contribution in [0.3, 0.4) is 0 Å². The highest BCUT2D eigenvalue weighted by Gasteiger charge is 2.46. The van der Waals surface area contributed by atoms with E-state index in [9.17, 15) is 75.1 Å². The lowest BCUT2D eigenvalue weighted by Crippen LogP contribution is -2.49. The zero-order valence-corrected chi connectivity index (χ0v) is 72.7. The number of aliphatic carboxylic acids is 1. The molecule has 692 valence electrons. The Kier molecular flexibility index (Phi) is 28.8. The molecule has 0 spiro atoms. The summed E-state index contributed by atoms with van der Waals surface area (Å²) in [7, 11) is 0. The van der Waals surface area contributed by atoms with Gasteiger partial charge in [0.25, 0.3) is 35.4 Å². The van der Waals surface area contributed by atoms with Gasteiger partial charge in [0, 0.05) is 187 Å². The van der Waals surface area contributed by atoms with Gasteiger partial charge in [0.15, 0.2) is 23.2 Å². The number of aromatic amines is 2. The van der Waals surface area contributed by atoms with Gasteiger partial charge in [-0.15, -0.1) is 0 Å². The normalized spacial score (nSPS) is 18.0. The van der Waals surface area contributed by atoms with Crippen LogP contribution in [0.5, 0.6) is 0 Å². The number of rotatable bonds is 27. The van der Waals surface area contributed by atoms with E-state index in [0.29, 0.717) is 190 Å². The minimum Gasteiger partial charge on any atom is -0.480 e. The van der Waals surface area contributed by atoms with Crippen LogP contribution in [-0.2, 0) is 51.1 Å². The van der Waals surface area contributed by atoms with Crippen LogP contribution in [-0.4, -0.2) is 258 Å². The summed E-state index contributed by atoms with van der Waals surface area (Å²) in [6.45, 7) is 9.68. The molecule has 2 atom stereocenters. The molecule has 33 nitrogen and oxygen atoms in total. The van der Waals surface area contributed by atoms with Gasteiger partial charge in [0.2, 0.25) is 5.91 Å². The van der Waals surface area contributed by atoms with Gasteiger partial charge in [0.05, 0.1) is 82.4 Å². The van der Waals surface area contributed by atoms with E-state index in [2.05, 4.69) is 72.3 Å². The third-order valence-corrected chi connectivity index (χ3v) is 24.8. The summed E-state index contributed by atoms with van der Waals surface area (Å²) in [6.07, 6.45) is 4.06. The van der Waals surface area contributed by atoms with Gasteiger partial charge in [0.1, 0.15) is 34.8 Å². The Bertz CT molecular complexity index is 6140. The average molecular weight is 1820 g/mol. The van der Waals surface area contributed by atoms with Gasteiger partial charge in [-0.1, -0.05) is 12.1 Å². The summed E-state index contributed by atoms with van der Waals surface area (Å²) in [5.41, 5.74) is 15.9. The maximum absolute atomic E-state index is 14.0. The number of ketones is 4. The highest BCUT2D eigenvalue weighted by Crippen LogP contribution is 2.37. The number of carboxylic acid groups (broad SMARTS) is 1. The molecule has 4 saturated heterocycles. The van der Waals surface area contributed by atoms with Crippen LogP contribution in [0, 0.1) is 23.3 Å². The van der Waals surface area contributed by atoms with E-state index in [1.54, 1.807) is 48.5 Å². The summed E-state index contributed by atoms with van der Waals surface area (Å²) in [5, 5.41) is 47.3.